The molecule has 17 nitrogen and oxygen atoms in total. The highest BCUT2D eigenvalue weighted by molar-refractivity contribution is 7.15. The lowest BCUT2D eigenvalue weighted by Gasteiger charge is -2.03. The SMILES string of the molecule is CO.COC(=O)CCON=C1c2cc([N+](=O)[O-])cc([N+](=O)[O-])c2-c2c1cc([N+](=O)[O-])cc2[N+](=O)[O-].[3H]CP. The number of non-ortho nitro benzene ring substituents is 2. The summed E-state index contributed by atoms with van der Waals surface area (Å²) in [5.74, 6) is -0.653. The second kappa shape index (κ2) is 13.5. The van der Waals surface area contributed by atoms with Crippen LogP contribution in [0, 0.1) is 40.5 Å². The van der Waals surface area contributed by atoms with E-state index in [1.54, 1.807) is 0 Å². The molecule has 0 heterocycles. The summed E-state index contributed by atoms with van der Waals surface area (Å²) in [6.45, 7) is 0.0783. The first-order valence-electron chi connectivity index (χ1n) is 10.3. The summed E-state index contributed by atoms with van der Waals surface area (Å²) >= 11 is 0. The molecular weight excluding hydrogens is 521 g/mol. The highest BCUT2D eigenvalue weighted by atomic mass is 31.0. The molecule has 198 valence electrons. The fourth-order valence-corrected chi connectivity index (χ4v) is 3.21. The van der Waals surface area contributed by atoms with E-state index in [4.69, 9.17) is 11.3 Å². The van der Waals surface area contributed by atoms with Crippen LogP contribution in [-0.4, -0.2) is 63.9 Å². The number of hydrogen-bond donors (Lipinski definition) is 1. The van der Waals surface area contributed by atoms with Crippen LogP contribution in [0.5, 0.6) is 0 Å². The average Bonchev–Trinajstić information content (AvgIpc) is 3.19. The minimum absolute atomic E-state index is 0.253. The Hall–Kier alpha value is -4.63. The first kappa shape index (κ1) is 28.6. The van der Waals surface area contributed by atoms with Crippen molar-refractivity contribution in [2.45, 2.75) is 6.42 Å². The minimum Gasteiger partial charge on any atom is -0.469 e. The predicted molar refractivity (Wildman–Crippen MR) is 130 cm³/mol. The van der Waals surface area contributed by atoms with Gasteiger partial charge in [0.1, 0.15) is 12.3 Å². The summed E-state index contributed by atoms with van der Waals surface area (Å²) in [7, 11) is 4.38. The van der Waals surface area contributed by atoms with Gasteiger partial charge in [-0.2, -0.15) is 0 Å². The lowest BCUT2D eigenvalue weighted by molar-refractivity contribution is -0.395. The van der Waals surface area contributed by atoms with Crippen molar-refractivity contribution in [3.8, 4) is 11.1 Å². The van der Waals surface area contributed by atoms with Gasteiger partial charge >= 0.3 is 5.97 Å². The second-order valence-electron chi connectivity index (χ2n) is 6.40. The number of rotatable bonds is 8. The van der Waals surface area contributed by atoms with Crippen molar-refractivity contribution in [1.82, 2.24) is 0 Å². The monoisotopic (exact) mass is 543 g/mol. The Labute approximate surface area is 210 Å². The molecule has 0 radical (unpaired) electrons. The standard InChI is InChI=1S/C17H11N5O11.CH4O.CH5P/c1-32-14(23)2-3-33-18-17-10-4-8(19(24)25)6-12(21(28)29)15(10)16-11(17)5-9(20(26)27)7-13(16)22(30)31;2*1-2/h4-7H,2-3H2,1H3;2H,1H3;2H2,1H3/i;;1T. The summed E-state index contributed by atoms with van der Waals surface area (Å²) in [4.78, 5) is 58.4. The van der Waals surface area contributed by atoms with Gasteiger partial charge < -0.3 is 14.7 Å². The summed E-state index contributed by atoms with van der Waals surface area (Å²) in [6.07, 6.45) is -0.253. The smallest absolute Gasteiger partial charge is 0.309 e. The summed E-state index contributed by atoms with van der Waals surface area (Å²) in [5, 5.41) is 56.7. The molecule has 1 aliphatic carbocycles. The van der Waals surface area contributed by atoms with Crippen LogP contribution >= 0.6 is 9.24 Å². The molecule has 0 saturated heterocycles. The van der Waals surface area contributed by atoms with Crippen molar-refractivity contribution in [3.05, 3.63) is 75.8 Å². The van der Waals surface area contributed by atoms with Crippen molar-refractivity contribution in [1.29, 1.82) is 0 Å². The van der Waals surface area contributed by atoms with Crippen LogP contribution in [0.4, 0.5) is 22.7 Å². The average molecular weight is 543 g/mol. The van der Waals surface area contributed by atoms with Gasteiger partial charge in [-0.25, -0.2) is 0 Å². The number of nitro groups is 4. The summed E-state index contributed by atoms with van der Waals surface area (Å²) < 4.78 is 10.6. The van der Waals surface area contributed by atoms with E-state index in [2.05, 4.69) is 19.1 Å². The van der Waals surface area contributed by atoms with Crippen LogP contribution in [0.25, 0.3) is 11.1 Å². The van der Waals surface area contributed by atoms with Gasteiger partial charge in [0.2, 0.25) is 0 Å². The van der Waals surface area contributed by atoms with Crippen molar-refractivity contribution >= 4 is 43.7 Å². The number of oxime groups is 1. The normalized spacial score (nSPS) is 10.7. The van der Waals surface area contributed by atoms with Crippen LogP contribution in [0.2, 0.25) is 0 Å². The van der Waals surface area contributed by atoms with E-state index in [0.29, 0.717) is 18.8 Å². The highest BCUT2D eigenvalue weighted by Gasteiger charge is 2.41. The zero-order valence-electron chi connectivity index (χ0n) is 20.2. The number of nitro benzene ring substituents is 4. The minimum atomic E-state index is -0.970. The third-order valence-electron chi connectivity index (χ3n) is 4.56. The quantitative estimate of drug-likeness (QED) is 0.142. The van der Waals surface area contributed by atoms with Crippen molar-refractivity contribution in [2.75, 3.05) is 27.5 Å². The van der Waals surface area contributed by atoms with Gasteiger partial charge in [-0.3, -0.25) is 45.3 Å². The number of aliphatic hydroxyl groups is 1. The van der Waals surface area contributed by atoms with E-state index in [-0.39, 0.29) is 41.0 Å². The third kappa shape index (κ3) is 6.53. The molecule has 0 spiro atoms. The number of carbonyl (C=O) groups excluding carboxylic acids is 1. The number of esters is 1. The molecule has 18 heteroatoms. The van der Waals surface area contributed by atoms with E-state index < -0.39 is 48.4 Å². The zero-order valence-corrected chi connectivity index (χ0v) is 20.3. The number of benzene rings is 2. The van der Waals surface area contributed by atoms with E-state index >= 15 is 0 Å². The van der Waals surface area contributed by atoms with Crippen LogP contribution in [-0.2, 0) is 14.4 Å². The highest BCUT2D eigenvalue weighted by Crippen LogP contribution is 2.50. The first-order valence-corrected chi connectivity index (χ1v) is 10.5. The zero-order chi connectivity index (χ0) is 29.2. The maximum absolute atomic E-state index is 11.7. The fraction of sp³-hybridized carbons (Fsp3) is 0.263. The molecule has 0 aliphatic heterocycles. The Kier molecular flexibility index (Phi) is 10.4. The number of nitrogens with zero attached hydrogens (tertiary/aromatic N) is 5. The largest absolute Gasteiger partial charge is 0.469 e. The lowest BCUT2D eigenvalue weighted by atomic mass is 10.0. The summed E-state index contributed by atoms with van der Waals surface area (Å²) in [5.41, 5.74) is -4.74. The molecular formula is C19H20N5O12P. The Morgan fingerprint density at radius 1 is 0.919 bits per heavy atom. The van der Waals surface area contributed by atoms with Crippen molar-refractivity contribution in [3.63, 3.8) is 0 Å². The van der Waals surface area contributed by atoms with E-state index in [0.717, 1.165) is 26.4 Å². The number of carbonyl (C=O) groups is 1. The number of ether oxygens (including phenoxy) is 1. The van der Waals surface area contributed by atoms with E-state index in [9.17, 15) is 45.3 Å². The maximum Gasteiger partial charge on any atom is 0.309 e. The van der Waals surface area contributed by atoms with Gasteiger partial charge in [0.25, 0.3) is 22.7 Å². The molecule has 3 rings (SSSR count). The molecule has 1 N–H and O–H groups in total. The molecule has 1 unspecified atom stereocenters. The van der Waals surface area contributed by atoms with E-state index in [1.165, 1.54) is 0 Å². The maximum atomic E-state index is 11.7. The van der Waals surface area contributed by atoms with Crippen LogP contribution in [0.15, 0.2) is 29.4 Å². The van der Waals surface area contributed by atoms with Gasteiger partial charge in [-0.15, -0.1) is 9.24 Å². The molecule has 0 bridgehead atoms. The lowest BCUT2D eigenvalue weighted by Crippen LogP contribution is -2.06. The number of fused-ring (bicyclic) bond motifs is 3. The molecule has 0 aromatic heterocycles. The van der Waals surface area contributed by atoms with Gasteiger partial charge in [0.05, 0.1) is 56.5 Å². The van der Waals surface area contributed by atoms with Gasteiger partial charge in [-0.1, -0.05) is 11.8 Å². The van der Waals surface area contributed by atoms with E-state index in [1.807, 2.05) is 0 Å². The Bertz CT molecular complexity index is 1220. The number of methoxy groups -OCH3 is 1. The van der Waals surface area contributed by atoms with Crippen LogP contribution in [0.3, 0.4) is 0 Å². The number of aliphatic hydroxyl groups excluding tert-OH is 1. The molecule has 1 atom stereocenters. The van der Waals surface area contributed by atoms with Gasteiger partial charge in [0.15, 0.2) is 0 Å². The molecule has 1 aliphatic rings. The number of hydrogen-bond acceptors (Lipinski definition) is 13. The Morgan fingerprint density at radius 3 is 1.65 bits per heavy atom. The Morgan fingerprint density at radius 2 is 1.32 bits per heavy atom. The van der Waals surface area contributed by atoms with Crippen LogP contribution in [0.1, 0.15) is 18.9 Å². The molecule has 2 aromatic rings. The Balaban J connectivity index is 0.00000135. The first-order chi connectivity index (χ1) is 18.0. The summed E-state index contributed by atoms with van der Waals surface area (Å²) in [6, 6.07) is 3.02. The predicted octanol–water partition coefficient (Wildman–Crippen LogP) is 2.73. The molecule has 0 saturated carbocycles. The molecule has 37 heavy (non-hydrogen) atoms. The fourth-order valence-electron chi connectivity index (χ4n) is 3.21. The van der Waals surface area contributed by atoms with Gasteiger partial charge in [0, 0.05) is 31.7 Å². The molecule has 0 amide bonds. The van der Waals surface area contributed by atoms with Gasteiger partial charge in [-0.05, 0) is 0 Å². The molecule has 0 fully saturated rings. The third-order valence-corrected chi connectivity index (χ3v) is 4.56. The second-order valence-corrected chi connectivity index (χ2v) is 6.40. The van der Waals surface area contributed by atoms with Crippen LogP contribution < -0.4 is 0 Å². The topological polar surface area (TPSA) is 241 Å². The van der Waals surface area contributed by atoms with Crippen molar-refractivity contribution in [2.24, 2.45) is 5.16 Å². The van der Waals surface area contributed by atoms with Crippen molar-refractivity contribution < 1.29 is 40.5 Å². The molecule has 2 aromatic carbocycles.